The average Bonchev–Trinajstić information content (AvgIpc) is 2.97. The number of nitrogens with zero attached hydrogens (tertiary/aromatic N) is 3. The zero-order chi connectivity index (χ0) is 14.8. The number of carbonyl (C=O) groups is 1. The summed E-state index contributed by atoms with van der Waals surface area (Å²) in [6.45, 7) is 2.21. The standard InChI is InChI=1S/C14H14FN3O2S/c15-11-3-1-2-10(8-11)12-9-21-13(16-12)17-4-6-18(7-5-17)14(19)20/h1-3,8-9H,4-7H2,(H,19,20). The molecule has 1 fully saturated rings. The van der Waals surface area contributed by atoms with Gasteiger partial charge in [0.2, 0.25) is 0 Å². The number of anilines is 1. The lowest BCUT2D eigenvalue weighted by molar-refractivity contribution is 0.142. The van der Waals surface area contributed by atoms with Gasteiger partial charge in [0.25, 0.3) is 0 Å². The van der Waals surface area contributed by atoms with Gasteiger partial charge in [0, 0.05) is 37.1 Å². The SMILES string of the molecule is O=C(O)N1CCN(c2nc(-c3cccc(F)c3)cs2)CC1. The summed E-state index contributed by atoms with van der Waals surface area (Å²) < 4.78 is 13.2. The van der Waals surface area contributed by atoms with E-state index in [0.29, 0.717) is 26.2 Å². The van der Waals surface area contributed by atoms with Gasteiger partial charge in [-0.05, 0) is 12.1 Å². The number of halogens is 1. The second-order valence-electron chi connectivity index (χ2n) is 4.78. The number of aromatic nitrogens is 1. The van der Waals surface area contributed by atoms with Crippen LogP contribution >= 0.6 is 11.3 Å². The minimum Gasteiger partial charge on any atom is -0.465 e. The van der Waals surface area contributed by atoms with E-state index < -0.39 is 6.09 Å². The minimum atomic E-state index is -0.880. The Bertz CT molecular complexity index is 653. The van der Waals surface area contributed by atoms with Crippen molar-refractivity contribution in [2.75, 3.05) is 31.1 Å². The highest BCUT2D eigenvalue weighted by molar-refractivity contribution is 7.14. The van der Waals surface area contributed by atoms with Crippen molar-refractivity contribution in [3.8, 4) is 11.3 Å². The van der Waals surface area contributed by atoms with E-state index >= 15 is 0 Å². The first kappa shape index (κ1) is 13.8. The van der Waals surface area contributed by atoms with Gasteiger partial charge in [-0.25, -0.2) is 14.2 Å². The summed E-state index contributed by atoms with van der Waals surface area (Å²) in [7, 11) is 0. The van der Waals surface area contributed by atoms with Gasteiger partial charge >= 0.3 is 6.09 Å². The normalized spacial score (nSPS) is 15.3. The lowest BCUT2D eigenvalue weighted by atomic mass is 10.2. The molecule has 2 heterocycles. The first-order valence-electron chi connectivity index (χ1n) is 6.58. The Labute approximate surface area is 125 Å². The van der Waals surface area contributed by atoms with Crippen LogP contribution in [-0.4, -0.2) is 47.3 Å². The van der Waals surface area contributed by atoms with Crippen molar-refractivity contribution in [1.82, 2.24) is 9.88 Å². The van der Waals surface area contributed by atoms with Crippen molar-refractivity contribution in [3.05, 3.63) is 35.5 Å². The molecule has 1 aromatic heterocycles. The van der Waals surface area contributed by atoms with Gasteiger partial charge in [-0.2, -0.15) is 0 Å². The molecule has 0 spiro atoms. The number of amides is 1. The predicted molar refractivity (Wildman–Crippen MR) is 79.3 cm³/mol. The van der Waals surface area contributed by atoms with E-state index in [2.05, 4.69) is 9.88 Å². The van der Waals surface area contributed by atoms with E-state index in [1.807, 2.05) is 11.4 Å². The molecule has 0 bridgehead atoms. The van der Waals surface area contributed by atoms with Crippen LogP contribution in [0.4, 0.5) is 14.3 Å². The summed E-state index contributed by atoms with van der Waals surface area (Å²) in [5, 5.41) is 11.7. The smallest absolute Gasteiger partial charge is 0.407 e. The van der Waals surface area contributed by atoms with Crippen LogP contribution in [0.3, 0.4) is 0 Å². The molecule has 1 aliphatic rings. The Kier molecular flexibility index (Phi) is 3.74. The van der Waals surface area contributed by atoms with Gasteiger partial charge in [-0.3, -0.25) is 0 Å². The van der Waals surface area contributed by atoms with Crippen molar-refractivity contribution in [3.63, 3.8) is 0 Å². The summed E-state index contributed by atoms with van der Waals surface area (Å²) in [5.41, 5.74) is 1.50. The highest BCUT2D eigenvalue weighted by atomic mass is 32.1. The van der Waals surface area contributed by atoms with Crippen LogP contribution in [0.5, 0.6) is 0 Å². The van der Waals surface area contributed by atoms with Crippen LogP contribution in [0, 0.1) is 5.82 Å². The van der Waals surface area contributed by atoms with Gasteiger partial charge in [-0.15, -0.1) is 11.3 Å². The Balaban J connectivity index is 1.73. The Hall–Kier alpha value is -2.15. The van der Waals surface area contributed by atoms with Crippen LogP contribution in [0.2, 0.25) is 0 Å². The monoisotopic (exact) mass is 307 g/mol. The molecule has 2 aromatic rings. The molecule has 21 heavy (non-hydrogen) atoms. The third-order valence-electron chi connectivity index (χ3n) is 3.43. The first-order chi connectivity index (χ1) is 10.1. The highest BCUT2D eigenvalue weighted by Crippen LogP contribution is 2.28. The zero-order valence-corrected chi connectivity index (χ0v) is 12.0. The molecule has 110 valence electrons. The van der Waals surface area contributed by atoms with Crippen LogP contribution in [0.1, 0.15) is 0 Å². The first-order valence-corrected chi connectivity index (χ1v) is 7.46. The third-order valence-corrected chi connectivity index (χ3v) is 4.33. The molecular weight excluding hydrogens is 293 g/mol. The Morgan fingerprint density at radius 2 is 2.05 bits per heavy atom. The number of rotatable bonds is 2. The largest absolute Gasteiger partial charge is 0.465 e. The maximum absolute atomic E-state index is 13.2. The molecule has 1 N–H and O–H groups in total. The lowest BCUT2D eigenvalue weighted by Gasteiger charge is -2.32. The number of hydrogen-bond acceptors (Lipinski definition) is 4. The van der Waals surface area contributed by atoms with Crippen molar-refractivity contribution in [2.45, 2.75) is 0 Å². The molecule has 0 aliphatic carbocycles. The molecule has 7 heteroatoms. The number of thiazole rings is 1. The topological polar surface area (TPSA) is 56.7 Å². The van der Waals surface area contributed by atoms with Crippen LogP contribution in [-0.2, 0) is 0 Å². The van der Waals surface area contributed by atoms with E-state index in [1.165, 1.54) is 28.4 Å². The fourth-order valence-corrected chi connectivity index (χ4v) is 3.17. The molecule has 1 saturated heterocycles. The van der Waals surface area contributed by atoms with Crippen molar-refractivity contribution < 1.29 is 14.3 Å². The lowest BCUT2D eigenvalue weighted by Crippen LogP contribution is -2.48. The maximum Gasteiger partial charge on any atom is 0.407 e. The van der Waals surface area contributed by atoms with Gasteiger partial charge in [-0.1, -0.05) is 12.1 Å². The molecule has 0 saturated carbocycles. The van der Waals surface area contributed by atoms with E-state index in [-0.39, 0.29) is 5.82 Å². The minimum absolute atomic E-state index is 0.280. The second-order valence-corrected chi connectivity index (χ2v) is 5.62. The van der Waals surface area contributed by atoms with Crippen LogP contribution in [0.15, 0.2) is 29.6 Å². The molecule has 0 unspecified atom stereocenters. The molecule has 0 radical (unpaired) electrons. The summed E-state index contributed by atoms with van der Waals surface area (Å²) >= 11 is 1.49. The molecule has 1 aromatic carbocycles. The van der Waals surface area contributed by atoms with Crippen molar-refractivity contribution in [1.29, 1.82) is 0 Å². The van der Waals surface area contributed by atoms with E-state index in [9.17, 15) is 9.18 Å². The van der Waals surface area contributed by atoms with Gasteiger partial charge in [0.1, 0.15) is 5.82 Å². The number of hydrogen-bond donors (Lipinski definition) is 1. The molecule has 0 atom stereocenters. The Morgan fingerprint density at radius 3 is 2.71 bits per heavy atom. The molecule has 1 amide bonds. The highest BCUT2D eigenvalue weighted by Gasteiger charge is 2.22. The van der Waals surface area contributed by atoms with E-state index in [0.717, 1.165) is 16.4 Å². The summed E-state index contributed by atoms with van der Waals surface area (Å²) in [6.07, 6.45) is -0.880. The summed E-state index contributed by atoms with van der Waals surface area (Å²) in [4.78, 5) is 18.9. The number of carboxylic acid groups (broad SMARTS) is 1. The molecule has 1 aliphatic heterocycles. The summed E-state index contributed by atoms with van der Waals surface area (Å²) in [6, 6.07) is 6.35. The van der Waals surface area contributed by atoms with Crippen LogP contribution < -0.4 is 4.90 Å². The van der Waals surface area contributed by atoms with Crippen molar-refractivity contribution in [2.24, 2.45) is 0 Å². The molecule has 3 rings (SSSR count). The number of benzene rings is 1. The number of piperazine rings is 1. The molecule has 5 nitrogen and oxygen atoms in total. The Morgan fingerprint density at radius 1 is 1.29 bits per heavy atom. The van der Waals surface area contributed by atoms with E-state index in [1.54, 1.807) is 6.07 Å². The maximum atomic E-state index is 13.2. The molecular formula is C14H14FN3O2S. The van der Waals surface area contributed by atoms with E-state index in [4.69, 9.17) is 5.11 Å². The summed E-state index contributed by atoms with van der Waals surface area (Å²) in [5.74, 6) is -0.280. The van der Waals surface area contributed by atoms with Gasteiger partial charge in [0.15, 0.2) is 5.13 Å². The predicted octanol–water partition coefficient (Wildman–Crippen LogP) is 2.75. The fourth-order valence-electron chi connectivity index (χ4n) is 2.28. The van der Waals surface area contributed by atoms with Crippen LogP contribution in [0.25, 0.3) is 11.3 Å². The average molecular weight is 307 g/mol. The second kappa shape index (κ2) is 5.69. The fraction of sp³-hybridized carbons (Fsp3) is 0.286. The van der Waals surface area contributed by atoms with Crippen molar-refractivity contribution >= 4 is 22.6 Å². The van der Waals surface area contributed by atoms with Gasteiger partial charge < -0.3 is 14.9 Å². The van der Waals surface area contributed by atoms with Gasteiger partial charge in [0.05, 0.1) is 5.69 Å². The third kappa shape index (κ3) is 2.97. The zero-order valence-electron chi connectivity index (χ0n) is 11.2. The quantitative estimate of drug-likeness (QED) is 0.927.